The van der Waals surface area contributed by atoms with E-state index in [0.717, 1.165) is 11.8 Å². The molecule has 0 aromatic heterocycles. The molecular formula is C11H23Cl. The molecular weight excluding hydrogens is 168 g/mol. The smallest absolute Gasteiger partial charge is 0.0338 e. The second-order valence-corrected chi connectivity index (χ2v) is 5.25. The molecule has 0 aliphatic rings. The minimum absolute atomic E-state index is 0.323. The Morgan fingerprint density at radius 1 is 0.917 bits per heavy atom. The number of alkyl halides is 1. The molecule has 0 radical (unpaired) electrons. The monoisotopic (exact) mass is 190 g/mol. The van der Waals surface area contributed by atoms with Crippen LogP contribution in [0.4, 0.5) is 0 Å². The van der Waals surface area contributed by atoms with Gasteiger partial charge < -0.3 is 0 Å². The van der Waals surface area contributed by atoms with E-state index < -0.39 is 0 Å². The zero-order valence-corrected chi connectivity index (χ0v) is 9.86. The molecule has 12 heavy (non-hydrogen) atoms. The first kappa shape index (κ1) is 12.3. The van der Waals surface area contributed by atoms with Crippen LogP contribution >= 0.6 is 11.6 Å². The topological polar surface area (TPSA) is 0 Å². The van der Waals surface area contributed by atoms with Gasteiger partial charge in [-0.05, 0) is 31.1 Å². The summed E-state index contributed by atoms with van der Waals surface area (Å²) in [6, 6.07) is 0. The fraction of sp³-hybridized carbons (Fsp3) is 1.00. The molecule has 0 bridgehead atoms. The fourth-order valence-electron chi connectivity index (χ4n) is 1.62. The van der Waals surface area contributed by atoms with Gasteiger partial charge in [0.15, 0.2) is 0 Å². The minimum Gasteiger partial charge on any atom is -0.123 e. The van der Waals surface area contributed by atoms with Crippen molar-refractivity contribution in [3.63, 3.8) is 0 Å². The van der Waals surface area contributed by atoms with E-state index >= 15 is 0 Å². The van der Waals surface area contributed by atoms with Crippen LogP contribution in [0.2, 0.25) is 0 Å². The van der Waals surface area contributed by atoms with Crippen LogP contribution in [-0.4, -0.2) is 5.38 Å². The predicted octanol–water partition coefficient (Wildman–Crippen LogP) is 4.32. The van der Waals surface area contributed by atoms with Crippen LogP contribution in [0.1, 0.15) is 47.5 Å². The molecule has 0 aromatic carbocycles. The summed E-state index contributed by atoms with van der Waals surface area (Å²) >= 11 is 6.12. The van der Waals surface area contributed by atoms with Gasteiger partial charge in [0.05, 0.1) is 0 Å². The van der Waals surface area contributed by atoms with Crippen molar-refractivity contribution in [3.05, 3.63) is 0 Å². The van der Waals surface area contributed by atoms with Gasteiger partial charge in [-0.2, -0.15) is 0 Å². The van der Waals surface area contributed by atoms with Crippen molar-refractivity contribution in [2.75, 3.05) is 0 Å². The molecule has 0 aromatic rings. The van der Waals surface area contributed by atoms with Crippen LogP contribution in [0.25, 0.3) is 0 Å². The molecule has 0 saturated carbocycles. The molecule has 2 unspecified atom stereocenters. The van der Waals surface area contributed by atoms with E-state index in [9.17, 15) is 0 Å². The standard InChI is InChI=1S/C11H23Cl/c1-8(2)6-7-11(9(3)4)10(5)12/h8-11H,6-7H2,1-5H3. The molecule has 0 amide bonds. The maximum absolute atomic E-state index is 6.12. The SMILES string of the molecule is CC(C)CCC(C(C)C)C(C)Cl. The van der Waals surface area contributed by atoms with E-state index in [4.69, 9.17) is 11.6 Å². The second kappa shape index (κ2) is 5.85. The summed E-state index contributed by atoms with van der Waals surface area (Å²) in [5.41, 5.74) is 0. The number of rotatable bonds is 5. The number of halogens is 1. The summed E-state index contributed by atoms with van der Waals surface area (Å²) in [5.74, 6) is 2.21. The van der Waals surface area contributed by atoms with Gasteiger partial charge >= 0.3 is 0 Å². The summed E-state index contributed by atoms with van der Waals surface area (Å²) in [7, 11) is 0. The van der Waals surface area contributed by atoms with Gasteiger partial charge in [-0.3, -0.25) is 0 Å². The molecule has 0 fully saturated rings. The normalized spacial score (nSPS) is 17.0. The highest BCUT2D eigenvalue weighted by atomic mass is 35.5. The largest absolute Gasteiger partial charge is 0.123 e. The third kappa shape index (κ3) is 5.03. The van der Waals surface area contributed by atoms with E-state index in [1.54, 1.807) is 0 Å². The van der Waals surface area contributed by atoms with Gasteiger partial charge in [-0.15, -0.1) is 11.6 Å². The highest BCUT2D eigenvalue weighted by molar-refractivity contribution is 6.20. The minimum atomic E-state index is 0.323. The van der Waals surface area contributed by atoms with Crippen LogP contribution in [-0.2, 0) is 0 Å². The third-order valence-electron chi connectivity index (χ3n) is 2.52. The molecule has 74 valence electrons. The first-order valence-corrected chi connectivity index (χ1v) is 5.52. The number of hydrogen-bond donors (Lipinski definition) is 0. The highest BCUT2D eigenvalue weighted by Gasteiger charge is 2.18. The molecule has 0 rings (SSSR count). The molecule has 2 atom stereocenters. The maximum atomic E-state index is 6.12. The van der Waals surface area contributed by atoms with E-state index in [-0.39, 0.29) is 0 Å². The fourth-order valence-corrected chi connectivity index (χ4v) is 2.04. The molecule has 0 aliphatic heterocycles. The van der Waals surface area contributed by atoms with Crippen molar-refractivity contribution in [2.24, 2.45) is 17.8 Å². The van der Waals surface area contributed by atoms with Gasteiger partial charge in [-0.25, -0.2) is 0 Å². The summed E-state index contributed by atoms with van der Waals surface area (Å²) in [6.45, 7) is 11.2. The maximum Gasteiger partial charge on any atom is 0.0338 e. The van der Waals surface area contributed by atoms with Gasteiger partial charge in [0.1, 0.15) is 0 Å². The van der Waals surface area contributed by atoms with E-state index in [1.807, 2.05) is 0 Å². The second-order valence-electron chi connectivity index (χ2n) is 4.56. The quantitative estimate of drug-likeness (QED) is 0.567. The van der Waals surface area contributed by atoms with Crippen molar-refractivity contribution in [1.29, 1.82) is 0 Å². The van der Waals surface area contributed by atoms with Crippen LogP contribution in [0.5, 0.6) is 0 Å². The van der Waals surface area contributed by atoms with Crippen molar-refractivity contribution < 1.29 is 0 Å². The third-order valence-corrected chi connectivity index (χ3v) is 2.85. The highest BCUT2D eigenvalue weighted by Crippen LogP contribution is 2.26. The zero-order valence-electron chi connectivity index (χ0n) is 9.10. The number of hydrogen-bond acceptors (Lipinski definition) is 0. The van der Waals surface area contributed by atoms with Crippen molar-refractivity contribution in [2.45, 2.75) is 52.8 Å². The first-order valence-electron chi connectivity index (χ1n) is 5.09. The molecule has 1 heteroatoms. The van der Waals surface area contributed by atoms with Crippen LogP contribution in [0, 0.1) is 17.8 Å². The Morgan fingerprint density at radius 3 is 1.67 bits per heavy atom. The van der Waals surface area contributed by atoms with Gasteiger partial charge in [0.2, 0.25) is 0 Å². The first-order chi connectivity index (χ1) is 5.45. The Balaban J connectivity index is 3.80. The van der Waals surface area contributed by atoms with Crippen LogP contribution < -0.4 is 0 Å². The van der Waals surface area contributed by atoms with Crippen molar-refractivity contribution in [1.82, 2.24) is 0 Å². The average Bonchev–Trinajstić information content (AvgIpc) is 1.84. The predicted molar refractivity (Wildman–Crippen MR) is 57.7 cm³/mol. The lowest BCUT2D eigenvalue weighted by atomic mass is 9.86. The van der Waals surface area contributed by atoms with E-state index in [2.05, 4.69) is 34.6 Å². The average molecular weight is 191 g/mol. The lowest BCUT2D eigenvalue weighted by Gasteiger charge is -2.23. The lowest BCUT2D eigenvalue weighted by molar-refractivity contribution is 0.327. The Bertz CT molecular complexity index is 97.6. The van der Waals surface area contributed by atoms with E-state index in [1.165, 1.54) is 12.8 Å². The Labute approximate surface area is 82.7 Å². The van der Waals surface area contributed by atoms with Gasteiger partial charge in [0.25, 0.3) is 0 Å². The summed E-state index contributed by atoms with van der Waals surface area (Å²) in [6.07, 6.45) is 2.58. The van der Waals surface area contributed by atoms with Crippen LogP contribution in [0.3, 0.4) is 0 Å². The van der Waals surface area contributed by atoms with E-state index in [0.29, 0.717) is 11.3 Å². The van der Waals surface area contributed by atoms with Gasteiger partial charge in [0, 0.05) is 5.38 Å². The molecule has 0 heterocycles. The Hall–Kier alpha value is 0.290. The van der Waals surface area contributed by atoms with Crippen molar-refractivity contribution in [3.8, 4) is 0 Å². The molecule has 0 N–H and O–H groups in total. The van der Waals surface area contributed by atoms with Crippen LogP contribution in [0.15, 0.2) is 0 Å². The Morgan fingerprint density at radius 2 is 1.42 bits per heavy atom. The Kier molecular flexibility index (Phi) is 6.00. The summed E-state index contributed by atoms with van der Waals surface area (Å²) < 4.78 is 0. The lowest BCUT2D eigenvalue weighted by Crippen LogP contribution is -2.18. The zero-order chi connectivity index (χ0) is 9.72. The van der Waals surface area contributed by atoms with Gasteiger partial charge in [-0.1, -0.05) is 34.1 Å². The summed E-state index contributed by atoms with van der Waals surface area (Å²) in [5, 5.41) is 0.323. The molecule has 0 nitrogen and oxygen atoms in total. The van der Waals surface area contributed by atoms with Crippen molar-refractivity contribution >= 4 is 11.6 Å². The molecule has 0 saturated heterocycles. The summed E-state index contributed by atoms with van der Waals surface area (Å²) in [4.78, 5) is 0. The molecule has 0 aliphatic carbocycles. The molecule has 0 spiro atoms.